The average molecular weight is 153 g/mol. The van der Waals surface area contributed by atoms with Crippen molar-refractivity contribution in [1.29, 1.82) is 0 Å². The van der Waals surface area contributed by atoms with Gasteiger partial charge in [-0.3, -0.25) is 0 Å². The SMILES string of the molecule is Cc1ccccc1.[Si]S. The molecule has 0 aromatic heterocycles. The maximum atomic E-state index is 3.33. The number of rotatable bonds is 0. The predicted molar refractivity (Wildman–Crippen MR) is 45.9 cm³/mol. The molecule has 0 aliphatic rings. The Bertz CT molecular complexity index is 139. The Kier molecular flexibility index (Phi) is 5.78. The zero-order chi connectivity index (χ0) is 7.11. The lowest BCUT2D eigenvalue weighted by Gasteiger charge is -1.82. The summed E-state index contributed by atoms with van der Waals surface area (Å²) >= 11 is 3.33. The molecule has 0 bridgehead atoms. The molecule has 0 N–H and O–H groups in total. The second-order valence-corrected chi connectivity index (χ2v) is 1.65. The Morgan fingerprint density at radius 1 is 1.11 bits per heavy atom. The largest absolute Gasteiger partial charge is 0.209 e. The predicted octanol–water partition coefficient (Wildman–Crippen LogP) is 1.99. The molecule has 0 amide bonds. The highest BCUT2D eigenvalue weighted by molar-refractivity contribution is 8.03. The van der Waals surface area contributed by atoms with Gasteiger partial charge in [0.05, 0.1) is 0 Å². The van der Waals surface area contributed by atoms with Gasteiger partial charge in [0, 0.05) is 0 Å². The van der Waals surface area contributed by atoms with Crippen LogP contribution in [0.25, 0.3) is 0 Å². The van der Waals surface area contributed by atoms with Gasteiger partial charge in [-0.1, -0.05) is 35.9 Å². The van der Waals surface area contributed by atoms with Crippen molar-refractivity contribution in [2.24, 2.45) is 0 Å². The van der Waals surface area contributed by atoms with E-state index in [-0.39, 0.29) is 0 Å². The van der Waals surface area contributed by atoms with E-state index in [9.17, 15) is 0 Å². The van der Waals surface area contributed by atoms with Crippen LogP contribution in [0.15, 0.2) is 30.3 Å². The van der Waals surface area contributed by atoms with E-state index in [0.717, 1.165) is 0 Å². The van der Waals surface area contributed by atoms with Crippen LogP contribution in [0, 0.1) is 6.92 Å². The average Bonchev–Trinajstić information content (AvgIpc) is 1.94. The summed E-state index contributed by atoms with van der Waals surface area (Å²) in [6.07, 6.45) is 0. The minimum Gasteiger partial charge on any atom is -0.209 e. The van der Waals surface area contributed by atoms with Crippen LogP contribution in [-0.4, -0.2) is 9.39 Å². The molecule has 47 valence electrons. The van der Waals surface area contributed by atoms with E-state index in [4.69, 9.17) is 0 Å². The minimum absolute atomic E-state index is 1.32. The lowest BCUT2D eigenvalue weighted by Crippen LogP contribution is -1.62. The number of benzene rings is 1. The second kappa shape index (κ2) is 5.92. The van der Waals surface area contributed by atoms with Gasteiger partial charge in [0.15, 0.2) is 0 Å². The van der Waals surface area contributed by atoms with E-state index in [2.05, 4.69) is 40.5 Å². The van der Waals surface area contributed by atoms with Gasteiger partial charge in [-0.05, 0) is 6.92 Å². The lowest BCUT2D eigenvalue weighted by molar-refractivity contribution is 1.48. The molecule has 0 aliphatic carbocycles. The molecule has 1 aromatic rings. The van der Waals surface area contributed by atoms with Gasteiger partial charge < -0.3 is 0 Å². The molecule has 0 saturated carbocycles. The summed E-state index contributed by atoms with van der Waals surface area (Å²) in [4.78, 5) is 0. The van der Waals surface area contributed by atoms with Crippen LogP contribution in [-0.2, 0) is 0 Å². The molecule has 0 saturated heterocycles. The smallest absolute Gasteiger partial charge is 0.115 e. The van der Waals surface area contributed by atoms with Gasteiger partial charge >= 0.3 is 0 Å². The highest BCUT2D eigenvalue weighted by Gasteiger charge is 1.72. The molecule has 0 unspecified atom stereocenters. The highest BCUT2D eigenvalue weighted by Crippen LogP contribution is 1.92. The van der Waals surface area contributed by atoms with Gasteiger partial charge in [-0.2, -0.15) is 0 Å². The van der Waals surface area contributed by atoms with Crippen molar-refractivity contribution in [1.82, 2.24) is 0 Å². The van der Waals surface area contributed by atoms with Crippen molar-refractivity contribution in [3.63, 3.8) is 0 Å². The Morgan fingerprint density at radius 2 is 1.56 bits per heavy atom. The van der Waals surface area contributed by atoms with Crippen molar-refractivity contribution in [2.45, 2.75) is 6.92 Å². The molecule has 0 fully saturated rings. The molecule has 0 atom stereocenters. The first-order valence-corrected chi connectivity index (χ1v) is 4.42. The van der Waals surface area contributed by atoms with Crippen molar-refractivity contribution in [2.75, 3.05) is 0 Å². The van der Waals surface area contributed by atoms with E-state index >= 15 is 0 Å². The molecule has 0 nitrogen and oxygen atoms in total. The molecule has 3 radical (unpaired) electrons. The Balaban J connectivity index is 0.000000291. The van der Waals surface area contributed by atoms with Crippen molar-refractivity contribution in [3.05, 3.63) is 35.9 Å². The normalized spacial score (nSPS) is 7.44. The summed E-state index contributed by atoms with van der Waals surface area (Å²) in [6.45, 7) is 2.08. The monoisotopic (exact) mass is 153 g/mol. The number of hydrogen-bond acceptors (Lipinski definition) is 1. The fourth-order valence-electron chi connectivity index (χ4n) is 0.534. The van der Waals surface area contributed by atoms with E-state index in [0.29, 0.717) is 0 Å². The van der Waals surface area contributed by atoms with Crippen molar-refractivity contribution < 1.29 is 0 Å². The van der Waals surface area contributed by atoms with Crippen molar-refractivity contribution in [3.8, 4) is 0 Å². The molecule has 1 aromatic carbocycles. The number of aryl methyl sites for hydroxylation is 1. The number of hydrogen-bond donors (Lipinski definition) is 1. The van der Waals surface area contributed by atoms with E-state index < -0.39 is 0 Å². The third-order valence-corrected chi connectivity index (χ3v) is 0.940. The van der Waals surface area contributed by atoms with Gasteiger partial charge in [0.25, 0.3) is 0 Å². The quantitative estimate of drug-likeness (QED) is 0.428. The summed E-state index contributed by atoms with van der Waals surface area (Å²) in [7, 11) is 2.67. The summed E-state index contributed by atoms with van der Waals surface area (Å²) in [5.74, 6) is 0. The molecule has 0 heterocycles. The standard InChI is InChI=1S/C7H8.HSSi/c1-7-5-3-2-4-6-7;1-2/h2-6H,1H3;1H. The van der Waals surface area contributed by atoms with Gasteiger partial charge in [-0.15, -0.1) is 0 Å². The Hall–Kier alpha value is -0.213. The van der Waals surface area contributed by atoms with Crippen molar-refractivity contribution >= 4 is 21.5 Å². The first-order chi connectivity index (χ1) is 4.39. The Morgan fingerprint density at radius 3 is 1.78 bits per heavy atom. The second-order valence-electron chi connectivity index (χ2n) is 1.65. The summed E-state index contributed by atoms with van der Waals surface area (Å²) in [6, 6.07) is 10.3. The van der Waals surface area contributed by atoms with E-state index in [1.165, 1.54) is 5.56 Å². The molecular weight excluding hydrogens is 144 g/mol. The number of thiol groups is 1. The first-order valence-electron chi connectivity index (χ1n) is 2.63. The molecular formula is C7H9SSi. The summed E-state index contributed by atoms with van der Waals surface area (Å²) < 4.78 is 0. The molecule has 2 heteroatoms. The van der Waals surface area contributed by atoms with Gasteiger partial charge in [-0.25, -0.2) is 12.1 Å². The maximum Gasteiger partial charge on any atom is 0.115 e. The van der Waals surface area contributed by atoms with Crippen LogP contribution in [0.2, 0.25) is 0 Å². The van der Waals surface area contributed by atoms with E-state index in [1.807, 2.05) is 18.2 Å². The highest BCUT2D eigenvalue weighted by atomic mass is 32.3. The summed E-state index contributed by atoms with van der Waals surface area (Å²) in [5.41, 5.74) is 1.32. The molecule has 0 spiro atoms. The van der Waals surface area contributed by atoms with Crippen LogP contribution in [0.4, 0.5) is 0 Å². The topological polar surface area (TPSA) is 0 Å². The zero-order valence-electron chi connectivity index (χ0n) is 5.33. The fourth-order valence-corrected chi connectivity index (χ4v) is 0.534. The molecule has 0 aliphatic heterocycles. The van der Waals surface area contributed by atoms with Crippen LogP contribution in [0.3, 0.4) is 0 Å². The third-order valence-electron chi connectivity index (χ3n) is 0.940. The fraction of sp³-hybridized carbons (Fsp3) is 0.143. The van der Waals surface area contributed by atoms with Crippen LogP contribution in [0.5, 0.6) is 0 Å². The summed E-state index contributed by atoms with van der Waals surface area (Å²) in [5, 5.41) is 0. The van der Waals surface area contributed by atoms with Crippen LogP contribution in [0.1, 0.15) is 5.56 Å². The zero-order valence-corrected chi connectivity index (χ0v) is 7.23. The van der Waals surface area contributed by atoms with Gasteiger partial charge in [0.2, 0.25) is 0 Å². The van der Waals surface area contributed by atoms with Gasteiger partial charge in [0.1, 0.15) is 9.39 Å². The first kappa shape index (κ1) is 8.79. The van der Waals surface area contributed by atoms with E-state index in [1.54, 1.807) is 0 Å². The Labute approximate surface area is 64.8 Å². The maximum absolute atomic E-state index is 3.33. The molecule has 9 heavy (non-hydrogen) atoms. The van der Waals surface area contributed by atoms with Crippen LogP contribution < -0.4 is 0 Å². The van der Waals surface area contributed by atoms with Crippen LogP contribution >= 0.6 is 12.1 Å². The molecule has 1 rings (SSSR count). The minimum atomic E-state index is 1.32. The third kappa shape index (κ3) is 4.30. The lowest BCUT2D eigenvalue weighted by atomic mass is 10.2.